The number of aromatic nitrogens is 3. The first-order valence-electron chi connectivity index (χ1n) is 5.54. The van der Waals surface area contributed by atoms with Crippen molar-refractivity contribution in [2.75, 3.05) is 0 Å². The fourth-order valence-corrected chi connectivity index (χ4v) is 2.56. The quantitative estimate of drug-likeness (QED) is 0.659. The average molecular weight is 341 g/mol. The second-order valence-electron chi connectivity index (χ2n) is 3.94. The first-order chi connectivity index (χ1) is 9.20. The van der Waals surface area contributed by atoms with Crippen molar-refractivity contribution in [3.63, 3.8) is 0 Å². The van der Waals surface area contributed by atoms with Gasteiger partial charge in [-0.15, -0.1) is 11.6 Å². The van der Waals surface area contributed by atoms with Gasteiger partial charge < -0.3 is 0 Å². The number of hydrogen-bond donors (Lipinski definition) is 0. The predicted molar refractivity (Wildman–Crippen MR) is 76.1 cm³/mol. The Balaban J connectivity index is 2.37. The van der Waals surface area contributed by atoms with Gasteiger partial charge in [-0.2, -0.15) is 0 Å². The van der Waals surface area contributed by atoms with E-state index in [9.17, 15) is 4.39 Å². The van der Waals surface area contributed by atoms with Crippen molar-refractivity contribution < 1.29 is 4.39 Å². The summed E-state index contributed by atoms with van der Waals surface area (Å²) in [7, 11) is 0. The smallest absolute Gasteiger partial charge is 0.164 e. The third-order valence-corrected chi connectivity index (χ3v) is 3.66. The van der Waals surface area contributed by atoms with E-state index < -0.39 is 0 Å². The van der Waals surface area contributed by atoms with Crippen molar-refractivity contribution in [2.45, 2.75) is 5.88 Å². The topological polar surface area (TPSA) is 30.7 Å². The van der Waals surface area contributed by atoms with Crippen LogP contribution in [0.3, 0.4) is 0 Å². The van der Waals surface area contributed by atoms with Crippen LogP contribution in [0.5, 0.6) is 0 Å². The molecule has 2 heterocycles. The minimum Gasteiger partial charge on any atom is -0.278 e. The Kier molecular flexibility index (Phi) is 3.24. The third-order valence-electron chi connectivity index (χ3n) is 2.75. The van der Waals surface area contributed by atoms with Gasteiger partial charge in [0.15, 0.2) is 5.65 Å². The molecule has 3 nitrogen and oxygen atoms in total. The molecule has 0 bridgehead atoms. The maximum absolute atomic E-state index is 13.5. The van der Waals surface area contributed by atoms with Crippen LogP contribution in [0, 0.1) is 5.82 Å². The van der Waals surface area contributed by atoms with Gasteiger partial charge in [-0.25, -0.2) is 14.4 Å². The number of halogens is 3. The molecular formula is C13H8BrClFN3. The van der Waals surface area contributed by atoms with Crippen molar-refractivity contribution in [3.8, 4) is 5.69 Å². The van der Waals surface area contributed by atoms with Crippen LogP contribution in [0.25, 0.3) is 16.9 Å². The van der Waals surface area contributed by atoms with Crippen molar-refractivity contribution >= 4 is 38.7 Å². The van der Waals surface area contributed by atoms with Gasteiger partial charge in [0.05, 0.1) is 11.6 Å². The second kappa shape index (κ2) is 4.90. The van der Waals surface area contributed by atoms with E-state index in [1.165, 1.54) is 12.1 Å². The van der Waals surface area contributed by atoms with E-state index >= 15 is 0 Å². The van der Waals surface area contributed by atoms with E-state index in [1.807, 2.05) is 6.07 Å². The summed E-state index contributed by atoms with van der Waals surface area (Å²) in [6, 6.07) is 8.12. The molecule has 0 unspecified atom stereocenters. The largest absolute Gasteiger partial charge is 0.278 e. The molecule has 0 aliphatic heterocycles. The number of alkyl halides is 1. The molecule has 6 heteroatoms. The summed E-state index contributed by atoms with van der Waals surface area (Å²) in [5.41, 5.74) is 2.02. The molecule has 0 saturated carbocycles. The van der Waals surface area contributed by atoms with E-state index in [4.69, 9.17) is 11.6 Å². The zero-order valence-corrected chi connectivity index (χ0v) is 12.0. The zero-order valence-electron chi connectivity index (χ0n) is 9.65. The molecule has 0 radical (unpaired) electrons. The average Bonchev–Trinajstić information content (AvgIpc) is 2.80. The zero-order chi connectivity index (χ0) is 13.4. The van der Waals surface area contributed by atoms with Crippen LogP contribution in [0.15, 0.2) is 41.0 Å². The molecule has 19 heavy (non-hydrogen) atoms. The lowest BCUT2D eigenvalue weighted by molar-refractivity contribution is 0.626. The van der Waals surface area contributed by atoms with E-state index in [1.54, 1.807) is 22.9 Å². The summed E-state index contributed by atoms with van der Waals surface area (Å²) in [5, 5.41) is 0. The highest BCUT2D eigenvalue weighted by molar-refractivity contribution is 9.10. The number of nitrogens with zero attached hydrogens (tertiary/aromatic N) is 3. The number of rotatable bonds is 2. The van der Waals surface area contributed by atoms with Crippen LogP contribution >= 0.6 is 27.5 Å². The van der Waals surface area contributed by atoms with Crippen LogP contribution in [0.4, 0.5) is 4.39 Å². The SMILES string of the molecule is Fc1ccc(Br)c(-n2c(CCl)nc3cccnc32)c1. The molecular weight excluding hydrogens is 333 g/mol. The standard InChI is InChI=1S/C13H8BrClFN3/c14-9-4-3-8(16)6-11(9)19-12(7-15)18-10-2-1-5-17-13(10)19/h1-6H,7H2. The maximum atomic E-state index is 13.5. The van der Waals surface area contributed by atoms with Gasteiger partial charge in [-0.3, -0.25) is 4.57 Å². The van der Waals surface area contributed by atoms with Gasteiger partial charge >= 0.3 is 0 Å². The van der Waals surface area contributed by atoms with E-state index in [0.717, 1.165) is 9.99 Å². The molecule has 2 aromatic heterocycles. The predicted octanol–water partition coefficient (Wildman–Crippen LogP) is 4.06. The molecule has 0 aliphatic carbocycles. The summed E-state index contributed by atoms with van der Waals surface area (Å²) in [6.07, 6.45) is 1.67. The molecule has 0 saturated heterocycles. The summed E-state index contributed by atoms with van der Waals surface area (Å²) in [6.45, 7) is 0. The second-order valence-corrected chi connectivity index (χ2v) is 5.06. The van der Waals surface area contributed by atoms with Crippen molar-refractivity contribution in [1.82, 2.24) is 14.5 Å². The summed E-state index contributed by atoms with van der Waals surface area (Å²) >= 11 is 9.34. The highest BCUT2D eigenvalue weighted by atomic mass is 79.9. The monoisotopic (exact) mass is 339 g/mol. The Morgan fingerprint density at radius 2 is 2.16 bits per heavy atom. The van der Waals surface area contributed by atoms with Crippen LogP contribution in [0.2, 0.25) is 0 Å². The highest BCUT2D eigenvalue weighted by Gasteiger charge is 2.15. The number of pyridine rings is 1. The van der Waals surface area contributed by atoms with E-state index in [-0.39, 0.29) is 11.7 Å². The molecule has 96 valence electrons. The normalized spacial score (nSPS) is 11.1. The first kappa shape index (κ1) is 12.6. The minimum atomic E-state index is -0.323. The van der Waals surface area contributed by atoms with Crippen LogP contribution in [-0.2, 0) is 5.88 Å². The van der Waals surface area contributed by atoms with Crippen molar-refractivity contribution in [2.24, 2.45) is 0 Å². The summed E-state index contributed by atoms with van der Waals surface area (Å²) < 4.78 is 16.0. The number of imidazole rings is 1. The Morgan fingerprint density at radius 3 is 2.95 bits per heavy atom. The fraction of sp³-hybridized carbons (Fsp3) is 0.0769. The number of fused-ring (bicyclic) bond motifs is 1. The Morgan fingerprint density at radius 1 is 1.32 bits per heavy atom. The fourth-order valence-electron chi connectivity index (χ4n) is 1.96. The molecule has 0 spiro atoms. The molecule has 0 fully saturated rings. The maximum Gasteiger partial charge on any atom is 0.164 e. The molecule has 1 aromatic carbocycles. The minimum absolute atomic E-state index is 0.222. The molecule has 3 aromatic rings. The third kappa shape index (κ3) is 2.13. The van der Waals surface area contributed by atoms with Gasteiger partial charge in [-0.05, 0) is 46.3 Å². The molecule has 3 rings (SSSR count). The van der Waals surface area contributed by atoms with Gasteiger partial charge in [0.2, 0.25) is 0 Å². The van der Waals surface area contributed by atoms with Gasteiger partial charge in [0.25, 0.3) is 0 Å². The number of benzene rings is 1. The van der Waals surface area contributed by atoms with Crippen LogP contribution < -0.4 is 0 Å². The van der Waals surface area contributed by atoms with Crippen molar-refractivity contribution in [3.05, 3.63) is 52.6 Å². The lowest BCUT2D eigenvalue weighted by Crippen LogP contribution is -2.01. The van der Waals surface area contributed by atoms with Crippen LogP contribution in [0.1, 0.15) is 5.82 Å². The summed E-state index contributed by atoms with van der Waals surface area (Å²) in [5.74, 6) is 0.525. The molecule has 0 amide bonds. The van der Waals surface area contributed by atoms with Crippen molar-refractivity contribution in [1.29, 1.82) is 0 Å². The van der Waals surface area contributed by atoms with E-state index in [0.29, 0.717) is 17.2 Å². The Bertz CT molecular complexity index is 757. The lowest BCUT2D eigenvalue weighted by Gasteiger charge is -2.09. The molecule has 0 N–H and O–H groups in total. The van der Waals surface area contributed by atoms with Gasteiger partial charge in [0, 0.05) is 10.7 Å². The lowest BCUT2D eigenvalue weighted by atomic mass is 10.3. The highest BCUT2D eigenvalue weighted by Crippen LogP contribution is 2.27. The summed E-state index contributed by atoms with van der Waals surface area (Å²) in [4.78, 5) is 8.70. The van der Waals surface area contributed by atoms with Crippen LogP contribution in [-0.4, -0.2) is 14.5 Å². The first-order valence-corrected chi connectivity index (χ1v) is 6.87. The molecule has 0 atom stereocenters. The van der Waals surface area contributed by atoms with E-state index in [2.05, 4.69) is 25.9 Å². The van der Waals surface area contributed by atoms with Gasteiger partial charge in [-0.1, -0.05) is 0 Å². The molecule has 0 aliphatic rings. The number of hydrogen-bond acceptors (Lipinski definition) is 2. The Labute approximate surface area is 122 Å². The Hall–Kier alpha value is -1.46. The van der Waals surface area contributed by atoms with Gasteiger partial charge in [0.1, 0.15) is 17.2 Å².